The number of rotatable bonds is 6. The van der Waals surface area contributed by atoms with Crippen LogP contribution >= 0.6 is 11.3 Å². The van der Waals surface area contributed by atoms with Crippen LogP contribution in [0.4, 0.5) is 8.78 Å². The molecule has 0 radical (unpaired) electrons. The van der Waals surface area contributed by atoms with Crippen molar-refractivity contribution in [3.05, 3.63) is 52.2 Å². The van der Waals surface area contributed by atoms with Crippen molar-refractivity contribution in [1.29, 1.82) is 0 Å². The summed E-state index contributed by atoms with van der Waals surface area (Å²) in [6.45, 7) is 2.76. The lowest BCUT2D eigenvalue weighted by molar-refractivity contribution is 0.0754. The Hall–Kier alpha value is -1.80. The molecule has 0 spiro atoms. The molecule has 0 atom stereocenters. The number of halogens is 2. The third-order valence-electron chi connectivity index (χ3n) is 3.26. The van der Waals surface area contributed by atoms with E-state index in [-0.39, 0.29) is 11.5 Å². The molecule has 0 N–H and O–H groups in total. The maximum atomic E-state index is 12.5. The maximum absolute atomic E-state index is 12.5. The van der Waals surface area contributed by atoms with Crippen molar-refractivity contribution in [1.82, 2.24) is 4.90 Å². The predicted molar refractivity (Wildman–Crippen MR) is 84.4 cm³/mol. The summed E-state index contributed by atoms with van der Waals surface area (Å²) < 4.78 is 47.7. The standard InChI is InChI=1S/C15H15F2NO3S2/c1-2-18(10-12-4-3-9-22-12)14(19)11-5-7-13(8-6-11)23(20,21)15(16)17/h3-9,15H,2,10H2,1H3. The first kappa shape index (κ1) is 17.6. The molecule has 23 heavy (non-hydrogen) atoms. The highest BCUT2D eigenvalue weighted by molar-refractivity contribution is 7.91. The number of hydrogen-bond donors (Lipinski definition) is 0. The van der Waals surface area contributed by atoms with Crippen LogP contribution in [0, 0.1) is 0 Å². The predicted octanol–water partition coefficient (Wildman–Crippen LogP) is 3.41. The molecule has 124 valence electrons. The summed E-state index contributed by atoms with van der Waals surface area (Å²) in [6, 6.07) is 8.39. The van der Waals surface area contributed by atoms with Crippen molar-refractivity contribution < 1.29 is 22.0 Å². The van der Waals surface area contributed by atoms with Gasteiger partial charge in [-0.2, -0.15) is 8.78 Å². The largest absolute Gasteiger partial charge is 0.341 e. The Labute approximate surface area is 137 Å². The van der Waals surface area contributed by atoms with Gasteiger partial charge >= 0.3 is 5.76 Å². The second kappa shape index (κ2) is 7.18. The maximum Gasteiger partial charge on any atom is 0.341 e. The van der Waals surface area contributed by atoms with E-state index in [0.29, 0.717) is 13.1 Å². The highest BCUT2D eigenvalue weighted by Gasteiger charge is 2.26. The van der Waals surface area contributed by atoms with E-state index in [1.54, 1.807) is 4.90 Å². The smallest absolute Gasteiger partial charge is 0.334 e. The number of sulfone groups is 1. The van der Waals surface area contributed by atoms with Gasteiger partial charge in [-0.15, -0.1) is 11.3 Å². The second-order valence-electron chi connectivity index (χ2n) is 4.73. The van der Waals surface area contributed by atoms with Gasteiger partial charge in [-0.25, -0.2) is 8.42 Å². The molecule has 0 saturated carbocycles. The average molecular weight is 359 g/mol. The number of hydrogen-bond acceptors (Lipinski definition) is 4. The zero-order chi connectivity index (χ0) is 17.0. The zero-order valence-corrected chi connectivity index (χ0v) is 13.9. The Kier molecular flexibility index (Phi) is 5.48. The summed E-state index contributed by atoms with van der Waals surface area (Å²) in [4.78, 5) is 14.6. The quantitative estimate of drug-likeness (QED) is 0.794. The van der Waals surface area contributed by atoms with Gasteiger partial charge in [-0.3, -0.25) is 4.79 Å². The molecule has 0 saturated heterocycles. The zero-order valence-electron chi connectivity index (χ0n) is 12.3. The molecular weight excluding hydrogens is 344 g/mol. The molecular formula is C15H15F2NO3S2. The fourth-order valence-electron chi connectivity index (χ4n) is 1.99. The van der Waals surface area contributed by atoms with Crippen LogP contribution in [0.3, 0.4) is 0 Å². The molecule has 4 nitrogen and oxygen atoms in total. The fourth-order valence-corrected chi connectivity index (χ4v) is 3.43. The molecule has 0 unspecified atom stereocenters. The molecule has 0 fully saturated rings. The molecule has 0 aliphatic carbocycles. The van der Waals surface area contributed by atoms with Gasteiger partial charge in [0.1, 0.15) is 0 Å². The number of alkyl halides is 2. The molecule has 1 aromatic heterocycles. The van der Waals surface area contributed by atoms with Crippen LogP contribution < -0.4 is 0 Å². The lowest BCUT2D eigenvalue weighted by Crippen LogP contribution is -2.30. The summed E-state index contributed by atoms with van der Waals surface area (Å²) in [7, 11) is -4.64. The van der Waals surface area contributed by atoms with Crippen LogP contribution in [-0.4, -0.2) is 31.5 Å². The Balaban J connectivity index is 2.19. The van der Waals surface area contributed by atoms with Crippen LogP contribution in [0.15, 0.2) is 46.7 Å². The summed E-state index contributed by atoms with van der Waals surface area (Å²) in [5.74, 6) is -3.75. The van der Waals surface area contributed by atoms with Crippen LogP contribution in [0.2, 0.25) is 0 Å². The minimum absolute atomic E-state index is 0.261. The van der Waals surface area contributed by atoms with Crippen molar-refractivity contribution in [3.8, 4) is 0 Å². The number of carbonyl (C=O) groups is 1. The minimum atomic E-state index is -4.64. The SMILES string of the molecule is CCN(Cc1cccs1)C(=O)c1ccc(S(=O)(=O)C(F)F)cc1. The molecule has 0 aliphatic rings. The van der Waals surface area contributed by atoms with Crippen molar-refractivity contribution in [2.75, 3.05) is 6.54 Å². The third-order valence-corrected chi connectivity index (χ3v) is 5.52. The highest BCUT2D eigenvalue weighted by atomic mass is 32.2. The molecule has 0 bridgehead atoms. The second-order valence-corrected chi connectivity index (χ2v) is 7.68. The molecule has 2 aromatic rings. The van der Waals surface area contributed by atoms with E-state index in [1.807, 2.05) is 24.4 Å². The van der Waals surface area contributed by atoms with Gasteiger partial charge in [-0.1, -0.05) is 6.07 Å². The van der Waals surface area contributed by atoms with Crippen molar-refractivity contribution in [2.24, 2.45) is 0 Å². The van der Waals surface area contributed by atoms with Gasteiger partial charge < -0.3 is 4.90 Å². The number of carbonyl (C=O) groups excluding carboxylic acids is 1. The minimum Gasteiger partial charge on any atom is -0.334 e. The van der Waals surface area contributed by atoms with Crippen LogP contribution in [0.5, 0.6) is 0 Å². The number of thiophene rings is 1. The molecule has 1 aromatic carbocycles. The topological polar surface area (TPSA) is 54.5 Å². The van der Waals surface area contributed by atoms with Crippen LogP contribution in [0.1, 0.15) is 22.2 Å². The summed E-state index contributed by atoms with van der Waals surface area (Å²) in [5, 5.41) is 1.91. The number of nitrogens with zero attached hydrogens (tertiary/aromatic N) is 1. The van der Waals surface area contributed by atoms with E-state index in [9.17, 15) is 22.0 Å². The lowest BCUT2D eigenvalue weighted by atomic mass is 10.2. The molecule has 8 heteroatoms. The third kappa shape index (κ3) is 3.94. The Morgan fingerprint density at radius 1 is 1.22 bits per heavy atom. The number of amides is 1. The molecule has 2 rings (SSSR count). The summed E-state index contributed by atoms with van der Waals surface area (Å²) in [6.07, 6.45) is 0. The van der Waals surface area contributed by atoms with Crippen molar-refractivity contribution in [3.63, 3.8) is 0 Å². The first-order valence-electron chi connectivity index (χ1n) is 6.80. The van der Waals surface area contributed by atoms with Crippen molar-refractivity contribution >= 4 is 27.1 Å². The molecule has 1 amide bonds. The number of benzene rings is 1. The van der Waals surface area contributed by atoms with E-state index in [2.05, 4.69) is 0 Å². The van der Waals surface area contributed by atoms with E-state index in [1.165, 1.54) is 23.5 Å². The lowest BCUT2D eigenvalue weighted by Gasteiger charge is -2.20. The van der Waals surface area contributed by atoms with Gasteiger partial charge in [0, 0.05) is 17.0 Å². The van der Waals surface area contributed by atoms with Gasteiger partial charge in [-0.05, 0) is 42.6 Å². The van der Waals surface area contributed by atoms with E-state index >= 15 is 0 Å². The Morgan fingerprint density at radius 2 is 1.87 bits per heavy atom. The van der Waals surface area contributed by atoms with Crippen LogP contribution in [-0.2, 0) is 16.4 Å². The van der Waals surface area contributed by atoms with Gasteiger partial charge in [0.25, 0.3) is 5.91 Å². The molecule has 0 aliphatic heterocycles. The average Bonchev–Trinajstić information content (AvgIpc) is 3.05. The van der Waals surface area contributed by atoms with Gasteiger partial charge in [0.15, 0.2) is 0 Å². The normalized spacial score (nSPS) is 11.7. The first-order chi connectivity index (χ1) is 10.9. The van der Waals surface area contributed by atoms with Gasteiger partial charge in [0.2, 0.25) is 9.84 Å². The van der Waals surface area contributed by atoms with Crippen LogP contribution in [0.25, 0.3) is 0 Å². The van der Waals surface area contributed by atoms with E-state index in [0.717, 1.165) is 17.0 Å². The first-order valence-corrected chi connectivity index (χ1v) is 9.22. The Morgan fingerprint density at radius 3 is 2.35 bits per heavy atom. The summed E-state index contributed by atoms with van der Waals surface area (Å²) in [5.41, 5.74) is 0.261. The fraction of sp³-hybridized carbons (Fsp3) is 0.267. The van der Waals surface area contributed by atoms with E-state index in [4.69, 9.17) is 0 Å². The van der Waals surface area contributed by atoms with Crippen molar-refractivity contribution in [2.45, 2.75) is 24.1 Å². The Bertz CT molecular complexity index is 757. The van der Waals surface area contributed by atoms with E-state index < -0.39 is 20.5 Å². The monoisotopic (exact) mass is 359 g/mol. The summed E-state index contributed by atoms with van der Waals surface area (Å²) >= 11 is 1.53. The highest BCUT2D eigenvalue weighted by Crippen LogP contribution is 2.20. The molecule has 1 heterocycles. The van der Waals surface area contributed by atoms with Gasteiger partial charge in [0.05, 0.1) is 11.4 Å².